The lowest BCUT2D eigenvalue weighted by Crippen LogP contribution is -2.36. The molecule has 4 unspecified atom stereocenters. The van der Waals surface area contributed by atoms with Crippen molar-refractivity contribution in [3.63, 3.8) is 0 Å². The standard InChI is InChI=1S/C11H22N2O/c1-14-9-2-3-11-10(6-9)8(4-5-12)7-13-11/h8-11,13H,2-7,12H2,1H3. The average molecular weight is 198 g/mol. The predicted octanol–water partition coefficient (Wildman–Crippen LogP) is 0.738. The van der Waals surface area contributed by atoms with Crippen LogP contribution < -0.4 is 11.1 Å². The highest BCUT2D eigenvalue weighted by Gasteiger charge is 2.39. The lowest BCUT2D eigenvalue weighted by atomic mass is 9.77. The third kappa shape index (κ3) is 1.95. The highest BCUT2D eigenvalue weighted by Crippen LogP contribution is 2.36. The van der Waals surface area contributed by atoms with Gasteiger partial charge >= 0.3 is 0 Å². The van der Waals surface area contributed by atoms with Gasteiger partial charge in [-0.15, -0.1) is 0 Å². The van der Waals surface area contributed by atoms with Crippen LogP contribution in [-0.4, -0.2) is 32.3 Å². The molecule has 0 aromatic heterocycles. The molecule has 82 valence electrons. The number of nitrogens with two attached hydrogens (primary N) is 1. The van der Waals surface area contributed by atoms with Crippen molar-refractivity contribution in [1.82, 2.24) is 5.32 Å². The van der Waals surface area contributed by atoms with Gasteiger partial charge in [-0.3, -0.25) is 0 Å². The van der Waals surface area contributed by atoms with E-state index in [0.29, 0.717) is 6.10 Å². The Morgan fingerprint density at radius 1 is 1.43 bits per heavy atom. The van der Waals surface area contributed by atoms with Crippen LogP contribution in [0.1, 0.15) is 25.7 Å². The molecule has 14 heavy (non-hydrogen) atoms. The summed E-state index contributed by atoms with van der Waals surface area (Å²) >= 11 is 0. The molecule has 0 radical (unpaired) electrons. The van der Waals surface area contributed by atoms with Gasteiger partial charge in [0.25, 0.3) is 0 Å². The highest BCUT2D eigenvalue weighted by atomic mass is 16.5. The summed E-state index contributed by atoms with van der Waals surface area (Å²) in [6, 6.07) is 0.748. The maximum absolute atomic E-state index is 5.64. The van der Waals surface area contributed by atoms with Gasteiger partial charge in [-0.1, -0.05) is 0 Å². The molecule has 4 atom stereocenters. The first-order valence-electron chi connectivity index (χ1n) is 5.81. The van der Waals surface area contributed by atoms with Crippen LogP contribution in [-0.2, 0) is 4.74 Å². The van der Waals surface area contributed by atoms with Crippen molar-refractivity contribution in [2.75, 3.05) is 20.2 Å². The van der Waals surface area contributed by atoms with E-state index in [-0.39, 0.29) is 0 Å². The molecule has 2 fully saturated rings. The van der Waals surface area contributed by atoms with Crippen molar-refractivity contribution < 1.29 is 4.74 Å². The topological polar surface area (TPSA) is 47.3 Å². The zero-order chi connectivity index (χ0) is 9.97. The summed E-state index contributed by atoms with van der Waals surface area (Å²) in [5, 5.41) is 3.63. The lowest BCUT2D eigenvalue weighted by Gasteiger charge is -2.33. The van der Waals surface area contributed by atoms with Crippen LogP contribution in [0.4, 0.5) is 0 Å². The average Bonchev–Trinajstić information content (AvgIpc) is 2.61. The molecule has 0 aromatic carbocycles. The first kappa shape index (κ1) is 10.4. The third-order valence-corrected chi connectivity index (χ3v) is 3.97. The molecule has 1 saturated heterocycles. The fraction of sp³-hybridized carbons (Fsp3) is 1.00. The van der Waals surface area contributed by atoms with Gasteiger partial charge < -0.3 is 15.8 Å². The van der Waals surface area contributed by atoms with E-state index in [9.17, 15) is 0 Å². The minimum atomic E-state index is 0.497. The molecule has 3 heteroatoms. The Kier molecular flexibility index (Phi) is 3.42. The quantitative estimate of drug-likeness (QED) is 0.703. The molecule has 3 nitrogen and oxygen atoms in total. The second-order valence-corrected chi connectivity index (χ2v) is 4.69. The first-order valence-corrected chi connectivity index (χ1v) is 5.81. The highest BCUT2D eigenvalue weighted by molar-refractivity contribution is 4.95. The van der Waals surface area contributed by atoms with Crippen molar-refractivity contribution in [3.8, 4) is 0 Å². The van der Waals surface area contributed by atoms with Gasteiger partial charge in [-0.2, -0.15) is 0 Å². The van der Waals surface area contributed by atoms with Gasteiger partial charge in [-0.25, -0.2) is 0 Å². The van der Waals surface area contributed by atoms with Gasteiger partial charge in [0.2, 0.25) is 0 Å². The largest absolute Gasteiger partial charge is 0.381 e. The number of ether oxygens (including phenoxy) is 1. The Labute approximate surface area is 86.4 Å². The fourth-order valence-corrected chi connectivity index (χ4v) is 3.14. The first-order chi connectivity index (χ1) is 6.85. The minimum absolute atomic E-state index is 0.497. The zero-order valence-corrected chi connectivity index (χ0v) is 9.04. The van der Waals surface area contributed by atoms with Gasteiger partial charge in [0.1, 0.15) is 0 Å². The summed E-state index contributed by atoms with van der Waals surface area (Å²) in [7, 11) is 1.84. The van der Waals surface area contributed by atoms with E-state index >= 15 is 0 Å². The SMILES string of the molecule is COC1CCC2NCC(CCN)C2C1. The maximum Gasteiger partial charge on any atom is 0.0575 e. The summed E-state index contributed by atoms with van der Waals surface area (Å²) in [5.74, 6) is 1.61. The van der Waals surface area contributed by atoms with Crippen LogP contribution in [0.25, 0.3) is 0 Å². The molecule has 0 aromatic rings. The van der Waals surface area contributed by atoms with Crippen molar-refractivity contribution in [2.24, 2.45) is 17.6 Å². The molecule has 0 bridgehead atoms. The van der Waals surface area contributed by atoms with Gasteiger partial charge in [0.05, 0.1) is 6.10 Å². The Morgan fingerprint density at radius 3 is 3.00 bits per heavy atom. The Bertz CT molecular complexity index is 186. The van der Waals surface area contributed by atoms with Crippen molar-refractivity contribution in [3.05, 3.63) is 0 Å². The monoisotopic (exact) mass is 198 g/mol. The van der Waals surface area contributed by atoms with Gasteiger partial charge in [0, 0.05) is 13.2 Å². The summed E-state index contributed by atoms with van der Waals surface area (Å²) < 4.78 is 5.47. The molecule has 1 heterocycles. The minimum Gasteiger partial charge on any atom is -0.381 e. The van der Waals surface area contributed by atoms with Gasteiger partial charge in [-0.05, 0) is 50.6 Å². The van der Waals surface area contributed by atoms with Crippen LogP contribution in [0.15, 0.2) is 0 Å². The molecule has 2 aliphatic rings. The lowest BCUT2D eigenvalue weighted by molar-refractivity contribution is 0.0383. The molecule has 1 aliphatic carbocycles. The molecule has 0 spiro atoms. The Balaban J connectivity index is 1.93. The number of methoxy groups -OCH3 is 1. The van der Waals surface area contributed by atoms with Crippen molar-refractivity contribution in [2.45, 2.75) is 37.8 Å². The fourth-order valence-electron chi connectivity index (χ4n) is 3.14. The van der Waals surface area contributed by atoms with Crippen molar-refractivity contribution >= 4 is 0 Å². The molecule has 2 rings (SSSR count). The summed E-state index contributed by atoms with van der Waals surface area (Å²) in [4.78, 5) is 0. The zero-order valence-electron chi connectivity index (χ0n) is 9.04. The van der Waals surface area contributed by atoms with Gasteiger partial charge in [0.15, 0.2) is 0 Å². The van der Waals surface area contributed by atoms with E-state index in [1.807, 2.05) is 7.11 Å². The second kappa shape index (κ2) is 4.60. The molecular formula is C11H22N2O. The molecule has 0 amide bonds. The van der Waals surface area contributed by atoms with E-state index in [1.165, 1.54) is 32.2 Å². The maximum atomic E-state index is 5.64. The van der Waals surface area contributed by atoms with Crippen LogP contribution in [0, 0.1) is 11.8 Å². The van der Waals surface area contributed by atoms with E-state index < -0.39 is 0 Å². The summed E-state index contributed by atoms with van der Waals surface area (Å²) in [6.07, 6.45) is 5.41. The number of hydrogen-bond donors (Lipinski definition) is 2. The van der Waals surface area contributed by atoms with Crippen LogP contribution >= 0.6 is 0 Å². The Morgan fingerprint density at radius 2 is 2.29 bits per heavy atom. The predicted molar refractivity (Wildman–Crippen MR) is 57.1 cm³/mol. The summed E-state index contributed by atoms with van der Waals surface area (Å²) in [6.45, 7) is 2.00. The normalized spacial score (nSPS) is 42.4. The van der Waals surface area contributed by atoms with E-state index in [0.717, 1.165) is 24.4 Å². The number of hydrogen-bond acceptors (Lipinski definition) is 3. The van der Waals surface area contributed by atoms with Crippen molar-refractivity contribution in [1.29, 1.82) is 0 Å². The van der Waals surface area contributed by atoms with Crippen LogP contribution in [0.2, 0.25) is 0 Å². The molecular weight excluding hydrogens is 176 g/mol. The van der Waals surface area contributed by atoms with E-state index in [1.54, 1.807) is 0 Å². The Hall–Kier alpha value is -0.120. The molecule has 1 aliphatic heterocycles. The van der Waals surface area contributed by atoms with Crippen LogP contribution in [0.5, 0.6) is 0 Å². The smallest absolute Gasteiger partial charge is 0.0575 e. The van der Waals surface area contributed by atoms with Crippen LogP contribution in [0.3, 0.4) is 0 Å². The molecule has 1 saturated carbocycles. The number of nitrogens with one attached hydrogen (secondary N) is 1. The molecule has 3 N–H and O–H groups in total. The third-order valence-electron chi connectivity index (χ3n) is 3.97. The second-order valence-electron chi connectivity index (χ2n) is 4.69. The van der Waals surface area contributed by atoms with E-state index in [4.69, 9.17) is 10.5 Å². The number of fused-ring (bicyclic) bond motifs is 1. The van der Waals surface area contributed by atoms with E-state index in [2.05, 4.69) is 5.32 Å². The summed E-state index contributed by atoms with van der Waals surface area (Å²) in [5.41, 5.74) is 5.64. The number of rotatable bonds is 3.